The molecule has 0 spiro atoms. The van der Waals surface area contributed by atoms with E-state index in [0.29, 0.717) is 32.7 Å². The third-order valence-electron chi connectivity index (χ3n) is 9.98. The highest BCUT2D eigenvalue weighted by molar-refractivity contribution is 5.70. The maximum atomic E-state index is 13.5. The second-order valence-corrected chi connectivity index (χ2v) is 15.1. The smallest absolute Gasteiger partial charge is 0.309 e. The molecule has 1 saturated heterocycles. The maximum Gasteiger partial charge on any atom is 0.309 e. The van der Waals surface area contributed by atoms with Crippen LogP contribution in [0.2, 0.25) is 0 Å². The van der Waals surface area contributed by atoms with Gasteiger partial charge in [-0.2, -0.15) is 0 Å². The summed E-state index contributed by atoms with van der Waals surface area (Å²) in [5, 5.41) is 11.5. The largest absolute Gasteiger partial charge is 0.457 e. The molecule has 312 valence electrons. The SMILES string of the molecule is CCOC(C)OC1CCC(C)(O)C(OC(C)=O)C=CC(C)C(C(C)=CC=CC(C)(CC2OC2C(C)C(CC)OC(C)OCC)OC(C)OCC)OC(=O)C1. The van der Waals surface area contributed by atoms with Crippen molar-refractivity contribution in [1.29, 1.82) is 0 Å². The zero-order valence-electron chi connectivity index (χ0n) is 35.3. The van der Waals surface area contributed by atoms with Gasteiger partial charge in [0, 0.05) is 45.0 Å². The van der Waals surface area contributed by atoms with Crippen molar-refractivity contribution in [1.82, 2.24) is 0 Å². The van der Waals surface area contributed by atoms with E-state index in [1.165, 1.54) is 6.92 Å². The third kappa shape index (κ3) is 16.5. The molecule has 0 aromatic heterocycles. The number of ether oxygens (including phenoxy) is 9. The molecular weight excluding hydrogens is 696 g/mol. The fourth-order valence-electron chi connectivity index (χ4n) is 7.09. The van der Waals surface area contributed by atoms with Crippen LogP contribution in [0, 0.1) is 11.8 Å². The molecule has 0 radical (unpaired) electrons. The highest BCUT2D eigenvalue weighted by Crippen LogP contribution is 2.40. The average molecular weight is 769 g/mol. The molecule has 13 unspecified atom stereocenters. The molecule has 1 N–H and O–H groups in total. The van der Waals surface area contributed by atoms with E-state index in [4.69, 9.17) is 42.6 Å². The fourth-order valence-corrected chi connectivity index (χ4v) is 7.09. The van der Waals surface area contributed by atoms with Crippen LogP contribution in [0.4, 0.5) is 0 Å². The summed E-state index contributed by atoms with van der Waals surface area (Å²) < 4.78 is 53.6. The van der Waals surface area contributed by atoms with Crippen LogP contribution in [-0.4, -0.2) is 104 Å². The van der Waals surface area contributed by atoms with Crippen LogP contribution in [0.1, 0.15) is 122 Å². The Hall–Kier alpha value is -2.16. The van der Waals surface area contributed by atoms with Crippen LogP contribution >= 0.6 is 0 Å². The summed E-state index contributed by atoms with van der Waals surface area (Å²) in [4.78, 5) is 25.5. The van der Waals surface area contributed by atoms with E-state index in [-0.39, 0.29) is 49.3 Å². The first-order chi connectivity index (χ1) is 25.4. The molecule has 12 nitrogen and oxygen atoms in total. The van der Waals surface area contributed by atoms with Crippen LogP contribution in [0.5, 0.6) is 0 Å². The highest BCUT2D eigenvalue weighted by Gasteiger charge is 2.49. The average Bonchev–Trinajstić information content (AvgIpc) is 3.84. The van der Waals surface area contributed by atoms with Crippen molar-refractivity contribution in [2.75, 3.05) is 19.8 Å². The lowest BCUT2D eigenvalue weighted by Gasteiger charge is -2.33. The first kappa shape index (κ1) is 48.0. The number of rotatable bonds is 21. The number of carbonyl (C=O) groups is 2. The van der Waals surface area contributed by atoms with Gasteiger partial charge in [-0.25, -0.2) is 0 Å². The maximum absolute atomic E-state index is 13.5. The van der Waals surface area contributed by atoms with Gasteiger partial charge in [0.05, 0.1) is 36.4 Å². The molecule has 12 heteroatoms. The summed E-state index contributed by atoms with van der Waals surface area (Å²) in [6.45, 7) is 25.9. The van der Waals surface area contributed by atoms with Crippen molar-refractivity contribution < 1.29 is 57.3 Å². The fraction of sp³-hybridized carbons (Fsp3) is 0.810. The van der Waals surface area contributed by atoms with E-state index in [1.54, 1.807) is 19.9 Å². The van der Waals surface area contributed by atoms with Crippen LogP contribution < -0.4 is 0 Å². The minimum absolute atomic E-state index is 0.00719. The van der Waals surface area contributed by atoms with E-state index in [0.717, 1.165) is 12.0 Å². The number of cyclic esters (lactones) is 1. The van der Waals surface area contributed by atoms with Gasteiger partial charge in [-0.1, -0.05) is 45.1 Å². The Morgan fingerprint density at radius 2 is 1.65 bits per heavy atom. The number of allylic oxidation sites excluding steroid dienone is 2. The van der Waals surface area contributed by atoms with Gasteiger partial charge in [0.1, 0.15) is 17.8 Å². The molecule has 13 atom stereocenters. The Balaban J connectivity index is 2.38. The van der Waals surface area contributed by atoms with E-state index < -0.39 is 54.0 Å². The topological polar surface area (TPSA) is 141 Å². The minimum atomic E-state index is -1.41. The monoisotopic (exact) mass is 769 g/mol. The van der Waals surface area contributed by atoms with Crippen molar-refractivity contribution in [3.63, 3.8) is 0 Å². The van der Waals surface area contributed by atoms with Crippen molar-refractivity contribution >= 4 is 11.9 Å². The summed E-state index contributed by atoms with van der Waals surface area (Å²) in [5.41, 5.74) is -1.38. The summed E-state index contributed by atoms with van der Waals surface area (Å²) in [6.07, 6.45) is 7.71. The van der Waals surface area contributed by atoms with Gasteiger partial charge in [0.2, 0.25) is 0 Å². The lowest BCUT2D eigenvalue weighted by molar-refractivity contribution is -0.181. The van der Waals surface area contributed by atoms with Gasteiger partial charge in [-0.3, -0.25) is 9.59 Å². The minimum Gasteiger partial charge on any atom is -0.457 e. The second kappa shape index (κ2) is 23.2. The Labute approximate surface area is 325 Å². The summed E-state index contributed by atoms with van der Waals surface area (Å²) >= 11 is 0. The molecular formula is C42H72O12. The zero-order valence-corrected chi connectivity index (χ0v) is 35.3. The molecule has 0 aliphatic carbocycles. The van der Waals surface area contributed by atoms with E-state index >= 15 is 0 Å². The molecule has 0 bridgehead atoms. The van der Waals surface area contributed by atoms with Crippen molar-refractivity contribution in [3.05, 3.63) is 36.0 Å². The first-order valence-corrected chi connectivity index (χ1v) is 20.0. The van der Waals surface area contributed by atoms with E-state index in [1.807, 2.05) is 79.7 Å². The van der Waals surface area contributed by atoms with Crippen molar-refractivity contribution in [2.24, 2.45) is 11.8 Å². The normalized spacial score (nSPS) is 31.0. The van der Waals surface area contributed by atoms with Crippen LogP contribution in [0.25, 0.3) is 0 Å². The summed E-state index contributed by atoms with van der Waals surface area (Å²) in [6, 6.07) is 0. The van der Waals surface area contributed by atoms with E-state index in [2.05, 4.69) is 13.8 Å². The van der Waals surface area contributed by atoms with E-state index in [9.17, 15) is 14.7 Å². The highest BCUT2D eigenvalue weighted by atomic mass is 16.7. The number of carbonyl (C=O) groups excluding carboxylic acids is 2. The molecule has 0 amide bonds. The van der Waals surface area contributed by atoms with Gasteiger partial charge in [-0.15, -0.1) is 0 Å². The van der Waals surface area contributed by atoms with Gasteiger partial charge >= 0.3 is 11.9 Å². The molecule has 1 fully saturated rings. The van der Waals surface area contributed by atoms with Crippen molar-refractivity contribution in [3.8, 4) is 0 Å². The van der Waals surface area contributed by atoms with Crippen LogP contribution in [0.3, 0.4) is 0 Å². The number of esters is 2. The predicted octanol–water partition coefficient (Wildman–Crippen LogP) is 7.36. The Morgan fingerprint density at radius 3 is 2.26 bits per heavy atom. The van der Waals surface area contributed by atoms with Gasteiger partial charge in [0.25, 0.3) is 0 Å². The number of hydrogen-bond acceptors (Lipinski definition) is 12. The number of epoxide rings is 1. The Morgan fingerprint density at radius 1 is 1.02 bits per heavy atom. The lowest BCUT2D eigenvalue weighted by atomic mass is 9.88. The quantitative estimate of drug-likeness (QED) is 0.0410. The zero-order chi connectivity index (χ0) is 40.6. The van der Waals surface area contributed by atoms with Crippen molar-refractivity contribution in [2.45, 2.75) is 189 Å². The van der Waals surface area contributed by atoms with Gasteiger partial charge in [-0.05, 0) is 93.2 Å². The Kier molecular flexibility index (Phi) is 20.6. The Bertz CT molecular complexity index is 1220. The molecule has 2 rings (SSSR count). The van der Waals surface area contributed by atoms with Gasteiger partial charge < -0.3 is 47.7 Å². The molecule has 0 saturated carbocycles. The molecule has 2 aliphatic rings. The first-order valence-electron chi connectivity index (χ1n) is 20.0. The van der Waals surface area contributed by atoms with Crippen LogP contribution in [0.15, 0.2) is 36.0 Å². The molecule has 54 heavy (non-hydrogen) atoms. The number of aliphatic hydroxyl groups is 1. The molecule has 2 heterocycles. The second-order valence-electron chi connectivity index (χ2n) is 15.1. The number of hydrogen-bond donors (Lipinski definition) is 1. The summed E-state index contributed by atoms with van der Waals surface area (Å²) in [7, 11) is 0. The van der Waals surface area contributed by atoms with Gasteiger partial charge in [0.15, 0.2) is 18.9 Å². The molecule has 0 aromatic carbocycles. The van der Waals surface area contributed by atoms with Crippen LogP contribution in [-0.2, 0) is 52.2 Å². The lowest BCUT2D eigenvalue weighted by Crippen LogP contribution is -2.42. The molecule has 0 aromatic rings. The third-order valence-corrected chi connectivity index (χ3v) is 9.98. The standard InChI is InChI=1S/C42H72O12/c1-14-35(51-32(10)47-16-3)29(7)40-36(52-40)26-41(12,54-33(11)48-17-4)23-18-19-27(5)39-28(6)20-21-37(49-30(8)43)42(13,45)24-22-34(25-38(44)53-39)50-31(9)46-15-2/h18-21,23,28-29,31-37,39-40,45H,14-17,22,24-26H2,1-13H3. The molecule has 2 aliphatic heterocycles. The predicted molar refractivity (Wildman–Crippen MR) is 206 cm³/mol. The summed E-state index contributed by atoms with van der Waals surface area (Å²) in [5.74, 6) is -1.13.